The van der Waals surface area contributed by atoms with Crippen molar-refractivity contribution in [2.75, 3.05) is 13.1 Å². The van der Waals surface area contributed by atoms with E-state index in [0.29, 0.717) is 5.92 Å². The van der Waals surface area contributed by atoms with Crippen LogP contribution in [0.4, 0.5) is 0 Å². The summed E-state index contributed by atoms with van der Waals surface area (Å²) in [6, 6.07) is 14.9. The van der Waals surface area contributed by atoms with Crippen LogP contribution in [0.25, 0.3) is 0 Å². The van der Waals surface area contributed by atoms with Gasteiger partial charge in [-0.15, -0.1) is 6.58 Å². The smallest absolute Gasteiger partial charge is 0.0670 e. The van der Waals surface area contributed by atoms with Gasteiger partial charge >= 0.3 is 0 Å². The number of rotatable bonds is 12. The van der Waals surface area contributed by atoms with Crippen LogP contribution in [0.5, 0.6) is 0 Å². The molecule has 26 heavy (non-hydrogen) atoms. The van der Waals surface area contributed by atoms with Crippen molar-refractivity contribution in [3.05, 3.63) is 72.6 Å². The Kier molecular flexibility index (Phi) is 8.66. The number of allylic oxidation sites excluding steroid dienone is 1. The maximum atomic E-state index is 10.4. The van der Waals surface area contributed by atoms with Crippen LogP contribution in [0, 0.1) is 5.92 Å². The summed E-state index contributed by atoms with van der Waals surface area (Å²) in [5.41, 5.74) is 2.61. The predicted molar refractivity (Wildman–Crippen MR) is 110 cm³/mol. The zero-order valence-corrected chi connectivity index (χ0v) is 16.3. The van der Waals surface area contributed by atoms with Crippen molar-refractivity contribution >= 4 is 0 Å². The Morgan fingerprint density at radius 3 is 2.58 bits per heavy atom. The number of aliphatic hydroxyl groups is 1. The molecule has 0 aliphatic rings. The fraction of sp³-hybridized carbons (Fsp3) is 0.478. The van der Waals surface area contributed by atoms with E-state index in [-0.39, 0.29) is 6.10 Å². The summed E-state index contributed by atoms with van der Waals surface area (Å²) in [6.07, 6.45) is 6.53. The molecule has 0 amide bonds. The molecule has 2 rings (SSSR count). The molecule has 3 nitrogen and oxygen atoms in total. The molecule has 0 aliphatic carbocycles. The van der Waals surface area contributed by atoms with E-state index < -0.39 is 0 Å². The second-order valence-electron chi connectivity index (χ2n) is 7.55. The summed E-state index contributed by atoms with van der Waals surface area (Å²) in [6.45, 7) is 11.8. The first kappa shape index (κ1) is 20.5. The minimum Gasteiger partial charge on any atom is -0.392 e. The van der Waals surface area contributed by atoms with Gasteiger partial charge in [0, 0.05) is 31.5 Å². The molecule has 0 aliphatic heterocycles. The van der Waals surface area contributed by atoms with E-state index in [1.165, 1.54) is 11.3 Å². The number of aromatic nitrogens is 1. The Bertz CT molecular complexity index is 633. The monoisotopic (exact) mass is 354 g/mol. The van der Waals surface area contributed by atoms with Crippen LogP contribution in [0.2, 0.25) is 0 Å². The highest BCUT2D eigenvalue weighted by Gasteiger charge is 2.14. The molecule has 0 saturated heterocycles. The van der Waals surface area contributed by atoms with Gasteiger partial charge < -0.3 is 9.67 Å². The lowest BCUT2D eigenvalue weighted by molar-refractivity contribution is 0.0982. The molecule has 2 aromatic rings. The number of aliphatic hydroxyl groups excluding tert-OH is 1. The fourth-order valence-corrected chi connectivity index (χ4v) is 3.13. The van der Waals surface area contributed by atoms with Crippen molar-refractivity contribution in [2.24, 2.45) is 5.92 Å². The molecule has 3 heteroatoms. The van der Waals surface area contributed by atoms with Crippen molar-refractivity contribution in [3.63, 3.8) is 0 Å². The lowest BCUT2D eigenvalue weighted by Gasteiger charge is -2.26. The highest BCUT2D eigenvalue weighted by molar-refractivity contribution is 5.17. The zero-order chi connectivity index (χ0) is 18.8. The van der Waals surface area contributed by atoms with Gasteiger partial charge in [0.25, 0.3) is 0 Å². The first-order valence-electron chi connectivity index (χ1n) is 9.77. The summed E-state index contributed by atoms with van der Waals surface area (Å²) >= 11 is 0. The number of hydrogen-bond acceptors (Lipinski definition) is 2. The van der Waals surface area contributed by atoms with E-state index in [1.54, 1.807) is 0 Å². The third-order valence-corrected chi connectivity index (χ3v) is 4.70. The van der Waals surface area contributed by atoms with Gasteiger partial charge in [0.2, 0.25) is 0 Å². The second kappa shape index (κ2) is 11.0. The zero-order valence-electron chi connectivity index (χ0n) is 16.3. The van der Waals surface area contributed by atoms with Crippen LogP contribution in [-0.2, 0) is 13.1 Å². The molecule has 0 saturated carbocycles. The average molecular weight is 355 g/mol. The molecular formula is C23H34N2O. The molecule has 0 fully saturated rings. The SMILES string of the molecule is C=CCC[C@H](O)CN(CCC(C)C)Cc1cccn1Cc1ccccc1. The Morgan fingerprint density at radius 1 is 1.12 bits per heavy atom. The van der Waals surface area contributed by atoms with E-state index in [1.807, 2.05) is 6.08 Å². The normalized spacial score (nSPS) is 12.7. The average Bonchev–Trinajstić information content (AvgIpc) is 3.05. The number of nitrogens with zero attached hydrogens (tertiary/aromatic N) is 2. The first-order chi connectivity index (χ1) is 12.6. The minimum absolute atomic E-state index is 0.294. The molecule has 0 radical (unpaired) electrons. The maximum absolute atomic E-state index is 10.4. The molecule has 1 aromatic heterocycles. The van der Waals surface area contributed by atoms with Gasteiger partial charge in [-0.3, -0.25) is 4.90 Å². The van der Waals surface area contributed by atoms with Gasteiger partial charge in [-0.2, -0.15) is 0 Å². The molecule has 0 bridgehead atoms. The van der Waals surface area contributed by atoms with Crippen molar-refractivity contribution in [1.29, 1.82) is 0 Å². The quantitative estimate of drug-likeness (QED) is 0.559. The number of benzene rings is 1. The van der Waals surface area contributed by atoms with Crippen LogP contribution in [0.1, 0.15) is 44.4 Å². The molecule has 0 unspecified atom stereocenters. The van der Waals surface area contributed by atoms with E-state index in [9.17, 15) is 5.11 Å². The second-order valence-corrected chi connectivity index (χ2v) is 7.55. The Hall–Kier alpha value is -1.84. The highest BCUT2D eigenvalue weighted by atomic mass is 16.3. The van der Waals surface area contributed by atoms with Crippen LogP contribution in [0.3, 0.4) is 0 Å². The van der Waals surface area contributed by atoms with Gasteiger partial charge in [-0.25, -0.2) is 0 Å². The first-order valence-corrected chi connectivity index (χ1v) is 9.77. The summed E-state index contributed by atoms with van der Waals surface area (Å²) in [5, 5.41) is 10.4. The lowest BCUT2D eigenvalue weighted by atomic mass is 10.1. The lowest BCUT2D eigenvalue weighted by Crippen LogP contribution is -2.34. The highest BCUT2D eigenvalue weighted by Crippen LogP contribution is 2.13. The van der Waals surface area contributed by atoms with E-state index in [2.05, 4.69) is 78.6 Å². The standard InChI is InChI=1S/C23H34N2O/c1-4-5-13-23(26)19-24(16-14-20(2)3)18-22-12-9-15-25(22)17-21-10-7-6-8-11-21/h4,6-12,15,20,23,26H,1,5,13-14,16-19H2,2-3H3/t23-/m0/s1. The van der Waals surface area contributed by atoms with Crippen molar-refractivity contribution < 1.29 is 5.11 Å². The maximum Gasteiger partial charge on any atom is 0.0670 e. The largest absolute Gasteiger partial charge is 0.392 e. The van der Waals surface area contributed by atoms with E-state index >= 15 is 0 Å². The van der Waals surface area contributed by atoms with Gasteiger partial charge in [-0.1, -0.05) is 50.3 Å². The topological polar surface area (TPSA) is 28.4 Å². The summed E-state index contributed by atoms with van der Waals surface area (Å²) in [5.74, 6) is 0.666. The molecule has 1 aromatic carbocycles. The van der Waals surface area contributed by atoms with Gasteiger partial charge in [0.1, 0.15) is 0 Å². The van der Waals surface area contributed by atoms with Crippen LogP contribution in [0.15, 0.2) is 61.3 Å². The predicted octanol–water partition coefficient (Wildman–Crippen LogP) is 4.71. The summed E-state index contributed by atoms with van der Waals surface area (Å²) in [4.78, 5) is 2.39. The van der Waals surface area contributed by atoms with Crippen LogP contribution >= 0.6 is 0 Å². The summed E-state index contributed by atoms with van der Waals surface area (Å²) in [7, 11) is 0. The van der Waals surface area contributed by atoms with Crippen molar-refractivity contribution in [3.8, 4) is 0 Å². The summed E-state index contributed by atoms with van der Waals surface area (Å²) < 4.78 is 2.31. The molecule has 1 atom stereocenters. The van der Waals surface area contributed by atoms with Gasteiger partial charge in [0.15, 0.2) is 0 Å². The molecular weight excluding hydrogens is 320 g/mol. The third-order valence-electron chi connectivity index (χ3n) is 4.70. The van der Waals surface area contributed by atoms with Crippen molar-refractivity contribution in [2.45, 2.75) is 52.3 Å². The molecule has 1 heterocycles. The molecule has 1 N–H and O–H groups in total. The number of hydrogen-bond donors (Lipinski definition) is 1. The van der Waals surface area contributed by atoms with Gasteiger partial charge in [0.05, 0.1) is 6.10 Å². The van der Waals surface area contributed by atoms with E-state index in [4.69, 9.17) is 0 Å². The molecule has 0 spiro atoms. The minimum atomic E-state index is -0.294. The Morgan fingerprint density at radius 2 is 1.88 bits per heavy atom. The molecule has 142 valence electrons. The van der Waals surface area contributed by atoms with E-state index in [0.717, 1.165) is 45.4 Å². The van der Waals surface area contributed by atoms with Crippen LogP contribution in [-0.4, -0.2) is 33.8 Å². The van der Waals surface area contributed by atoms with Crippen molar-refractivity contribution in [1.82, 2.24) is 9.47 Å². The third kappa shape index (κ3) is 7.19. The Labute approximate surface area is 159 Å². The van der Waals surface area contributed by atoms with Gasteiger partial charge in [-0.05, 0) is 49.4 Å². The Balaban J connectivity index is 2.02. The fourth-order valence-electron chi connectivity index (χ4n) is 3.13. The van der Waals surface area contributed by atoms with Crippen LogP contribution < -0.4 is 0 Å².